The van der Waals surface area contributed by atoms with Crippen LogP contribution < -0.4 is 16.0 Å². The number of nitrogens with zero attached hydrogens (tertiary/aromatic N) is 5. The van der Waals surface area contributed by atoms with Gasteiger partial charge >= 0.3 is 0 Å². The van der Waals surface area contributed by atoms with Crippen LogP contribution in [-0.4, -0.2) is 89.9 Å². The molecular formula is C44H56N8O3. The molecule has 0 atom stereocenters. The van der Waals surface area contributed by atoms with Crippen LogP contribution in [0.15, 0.2) is 72.9 Å². The van der Waals surface area contributed by atoms with E-state index >= 15 is 0 Å². The molecule has 1 saturated heterocycles. The number of pyridine rings is 1. The predicted octanol–water partition coefficient (Wildman–Crippen LogP) is 6.43. The van der Waals surface area contributed by atoms with Crippen LogP contribution in [0.2, 0.25) is 0 Å². The Kier molecular flexibility index (Phi) is 13.3. The first-order valence-corrected chi connectivity index (χ1v) is 19.5. The molecule has 0 radical (unpaired) electrons. The summed E-state index contributed by atoms with van der Waals surface area (Å²) in [5.41, 5.74) is 9.90. The summed E-state index contributed by atoms with van der Waals surface area (Å²) in [7, 11) is 6.34. The van der Waals surface area contributed by atoms with Crippen molar-refractivity contribution in [1.29, 1.82) is 0 Å². The van der Waals surface area contributed by atoms with Crippen molar-refractivity contribution in [1.82, 2.24) is 35.2 Å². The van der Waals surface area contributed by atoms with Crippen molar-refractivity contribution in [2.45, 2.75) is 72.3 Å². The molecule has 3 heterocycles. The van der Waals surface area contributed by atoms with Gasteiger partial charge in [-0.1, -0.05) is 43.3 Å². The van der Waals surface area contributed by atoms with Crippen LogP contribution in [-0.2, 0) is 37.3 Å². The molecule has 1 fully saturated rings. The lowest BCUT2D eigenvalue weighted by atomic mass is 10.0. The van der Waals surface area contributed by atoms with Gasteiger partial charge in [-0.05, 0) is 112 Å². The van der Waals surface area contributed by atoms with Gasteiger partial charge in [0, 0.05) is 80.9 Å². The van der Waals surface area contributed by atoms with Gasteiger partial charge in [-0.15, -0.1) is 0 Å². The first-order valence-electron chi connectivity index (χ1n) is 19.5. The van der Waals surface area contributed by atoms with Crippen LogP contribution in [0, 0.1) is 6.92 Å². The summed E-state index contributed by atoms with van der Waals surface area (Å²) in [4.78, 5) is 36.8. The minimum atomic E-state index is -0.250. The molecule has 2 amide bonds. The second-order valence-electron chi connectivity index (χ2n) is 14.9. The highest BCUT2D eigenvalue weighted by atomic mass is 16.5. The molecule has 11 heteroatoms. The molecule has 0 bridgehead atoms. The van der Waals surface area contributed by atoms with Gasteiger partial charge in [0.15, 0.2) is 5.65 Å². The first kappa shape index (κ1) is 39.6. The van der Waals surface area contributed by atoms with Gasteiger partial charge in [0.1, 0.15) is 0 Å². The number of hydrogen-bond donors (Lipinski definition) is 3. The second kappa shape index (κ2) is 18.5. The number of carbonyl (C=O) groups excluding carboxylic acids is 2. The number of aryl methyl sites for hydroxylation is 3. The van der Waals surface area contributed by atoms with E-state index in [9.17, 15) is 9.59 Å². The van der Waals surface area contributed by atoms with Gasteiger partial charge in [-0.3, -0.25) is 9.59 Å². The molecule has 3 aromatic carbocycles. The largest absolute Gasteiger partial charge is 0.381 e. The van der Waals surface area contributed by atoms with Crippen LogP contribution in [0.5, 0.6) is 0 Å². The molecule has 1 aliphatic rings. The number of carbonyl (C=O) groups is 2. The maximum Gasteiger partial charge on any atom is 0.251 e. The fourth-order valence-electron chi connectivity index (χ4n) is 7.17. The highest BCUT2D eigenvalue weighted by molar-refractivity contribution is 6.00. The van der Waals surface area contributed by atoms with E-state index in [1.165, 1.54) is 5.56 Å². The smallest absolute Gasteiger partial charge is 0.251 e. The normalized spacial score (nSPS) is 13.5. The van der Waals surface area contributed by atoms with Gasteiger partial charge in [0.05, 0.1) is 17.3 Å². The summed E-state index contributed by atoms with van der Waals surface area (Å²) >= 11 is 0. The van der Waals surface area contributed by atoms with Crippen LogP contribution in [0.3, 0.4) is 0 Å². The molecule has 5 aromatic rings. The Labute approximate surface area is 325 Å². The van der Waals surface area contributed by atoms with Crippen LogP contribution >= 0.6 is 0 Å². The van der Waals surface area contributed by atoms with Gasteiger partial charge in [0.25, 0.3) is 11.8 Å². The van der Waals surface area contributed by atoms with Crippen LogP contribution in [0.4, 0.5) is 5.69 Å². The maximum absolute atomic E-state index is 13.7. The Morgan fingerprint density at radius 3 is 2.16 bits per heavy atom. The van der Waals surface area contributed by atoms with Crippen molar-refractivity contribution in [3.8, 4) is 11.1 Å². The van der Waals surface area contributed by atoms with E-state index in [1.807, 2.05) is 42.1 Å². The molecule has 55 heavy (non-hydrogen) atoms. The highest BCUT2D eigenvalue weighted by Crippen LogP contribution is 2.31. The molecule has 6 rings (SSSR count). The zero-order valence-electron chi connectivity index (χ0n) is 33.2. The van der Waals surface area contributed by atoms with Crippen molar-refractivity contribution in [2.75, 3.05) is 52.8 Å². The van der Waals surface area contributed by atoms with E-state index in [0.717, 1.165) is 82.7 Å². The summed E-state index contributed by atoms with van der Waals surface area (Å²) in [6.07, 6.45) is 4.38. The number of likely N-dealkylation sites (N-methyl/N-ethyl adjacent to an activating group) is 2. The fraction of sp³-hybridized carbons (Fsp3) is 0.409. The Morgan fingerprint density at radius 2 is 1.51 bits per heavy atom. The SMILES string of the molecule is CCc1nc2c(cnn2CC)c(NC2CCOCC2)c1CNC(=O)c1cc(C)cc(C(=O)NCc2cccc(-c3cccc(CN(C)CCN(C)C)c3)c2)c1. The lowest BCUT2D eigenvalue weighted by Crippen LogP contribution is -2.30. The summed E-state index contributed by atoms with van der Waals surface area (Å²) in [5.74, 6) is -0.482. The maximum atomic E-state index is 13.7. The minimum absolute atomic E-state index is 0.232. The summed E-state index contributed by atoms with van der Waals surface area (Å²) in [6.45, 7) is 11.7. The second-order valence-corrected chi connectivity index (χ2v) is 14.9. The number of ether oxygens (including phenoxy) is 1. The van der Waals surface area contributed by atoms with E-state index < -0.39 is 0 Å². The van der Waals surface area contributed by atoms with Crippen molar-refractivity contribution in [2.24, 2.45) is 0 Å². The van der Waals surface area contributed by atoms with Crippen molar-refractivity contribution >= 4 is 28.5 Å². The molecule has 1 aliphatic heterocycles. The molecule has 0 spiro atoms. The third-order valence-corrected chi connectivity index (χ3v) is 10.2. The summed E-state index contributed by atoms with van der Waals surface area (Å²) in [6, 6.07) is 22.5. The number of nitrogens with one attached hydrogen (secondary N) is 3. The third kappa shape index (κ3) is 10.2. The number of benzene rings is 3. The highest BCUT2D eigenvalue weighted by Gasteiger charge is 2.22. The monoisotopic (exact) mass is 744 g/mol. The van der Waals surface area contributed by atoms with Gasteiger partial charge in [-0.25, -0.2) is 9.67 Å². The van der Waals surface area contributed by atoms with E-state index in [1.54, 1.807) is 6.07 Å². The number of aromatic nitrogens is 3. The van der Waals surface area contributed by atoms with Crippen molar-refractivity contribution in [3.63, 3.8) is 0 Å². The predicted molar refractivity (Wildman–Crippen MR) is 220 cm³/mol. The lowest BCUT2D eigenvalue weighted by molar-refractivity contribution is 0.0904. The quantitative estimate of drug-likeness (QED) is 0.106. The van der Waals surface area contributed by atoms with Crippen LogP contribution in [0.25, 0.3) is 22.2 Å². The number of rotatable bonds is 16. The number of fused-ring (bicyclic) bond motifs is 1. The average Bonchev–Trinajstić information content (AvgIpc) is 3.61. The van der Waals surface area contributed by atoms with Gasteiger partial charge < -0.3 is 30.5 Å². The zero-order chi connectivity index (χ0) is 38.9. The van der Waals surface area contributed by atoms with E-state index in [2.05, 4.69) is 102 Å². The molecule has 3 N–H and O–H groups in total. The van der Waals surface area contributed by atoms with E-state index in [4.69, 9.17) is 9.72 Å². The Hall–Kier alpha value is -5.10. The average molecular weight is 745 g/mol. The number of anilines is 1. The number of amides is 2. The molecule has 0 unspecified atom stereocenters. The first-order chi connectivity index (χ1) is 26.6. The minimum Gasteiger partial charge on any atom is -0.381 e. The zero-order valence-corrected chi connectivity index (χ0v) is 33.2. The molecular weight excluding hydrogens is 689 g/mol. The molecule has 2 aromatic heterocycles. The number of hydrogen-bond acceptors (Lipinski definition) is 8. The van der Waals surface area contributed by atoms with Gasteiger partial charge in [0.2, 0.25) is 0 Å². The van der Waals surface area contributed by atoms with Crippen molar-refractivity contribution < 1.29 is 14.3 Å². The summed E-state index contributed by atoms with van der Waals surface area (Å²) < 4.78 is 7.52. The van der Waals surface area contributed by atoms with Gasteiger partial charge in [-0.2, -0.15) is 5.10 Å². The topological polar surface area (TPSA) is 117 Å². The third-order valence-electron chi connectivity index (χ3n) is 10.2. The fourth-order valence-corrected chi connectivity index (χ4v) is 7.17. The lowest BCUT2D eigenvalue weighted by Gasteiger charge is -2.26. The van der Waals surface area contributed by atoms with Crippen LogP contribution in [0.1, 0.15) is 75.4 Å². The molecule has 0 aliphatic carbocycles. The summed E-state index contributed by atoms with van der Waals surface area (Å²) in [5, 5.41) is 15.5. The molecule has 11 nitrogen and oxygen atoms in total. The Morgan fingerprint density at radius 1 is 0.855 bits per heavy atom. The molecule has 290 valence electrons. The Balaban J connectivity index is 1.13. The van der Waals surface area contributed by atoms with E-state index in [0.29, 0.717) is 43.9 Å². The Bertz CT molecular complexity index is 2100. The van der Waals surface area contributed by atoms with E-state index in [-0.39, 0.29) is 24.4 Å². The van der Waals surface area contributed by atoms with Crippen molar-refractivity contribution in [3.05, 3.63) is 112 Å². The molecule has 0 saturated carbocycles. The standard InChI is InChI=1S/C44H56N8O3/c1-7-40-38(41(48-37-15-19-55-20-16-37)39-28-47-52(8-2)42(39)49-40)27-46-44(54)36-22-30(3)21-35(25-36)43(53)45-26-31-11-9-13-33(23-31)34-14-10-12-32(24-34)29-51(6)18-17-50(4)5/h9-14,21-25,28,37H,7-8,15-20,26-27,29H2,1-6H3,(H,45,53)(H,46,54)(H,48,49).